The number of rotatable bonds is 1. The van der Waals surface area contributed by atoms with E-state index in [4.69, 9.17) is 4.98 Å². The molecule has 3 unspecified atom stereocenters. The molecule has 2 aliphatic rings. The maximum Gasteiger partial charge on any atom is 0.225 e. The lowest BCUT2D eigenvalue weighted by Gasteiger charge is -2.35. The lowest BCUT2D eigenvalue weighted by molar-refractivity contribution is 0.0951. The molecule has 4 nitrogen and oxygen atoms in total. The molecule has 4 heteroatoms. The van der Waals surface area contributed by atoms with Crippen LogP contribution in [0.1, 0.15) is 49.7 Å². The molecule has 108 valence electrons. The number of piperidine rings is 1. The molecular formula is C16H23N3O. The van der Waals surface area contributed by atoms with E-state index >= 15 is 0 Å². The van der Waals surface area contributed by atoms with Crippen molar-refractivity contribution in [3.63, 3.8) is 0 Å². The molecule has 0 saturated carbocycles. The van der Waals surface area contributed by atoms with Crippen LogP contribution in [-0.2, 0) is 6.42 Å². The Labute approximate surface area is 120 Å². The van der Waals surface area contributed by atoms with Gasteiger partial charge in [0.25, 0.3) is 0 Å². The molecule has 0 radical (unpaired) electrons. The molecule has 1 fully saturated rings. The van der Waals surface area contributed by atoms with Crippen molar-refractivity contribution in [2.24, 2.45) is 17.8 Å². The van der Waals surface area contributed by atoms with Crippen molar-refractivity contribution in [3.8, 4) is 0 Å². The van der Waals surface area contributed by atoms with Gasteiger partial charge in [-0.25, -0.2) is 9.97 Å². The number of carbonyl (C=O) groups is 1. The number of hydrogen-bond acceptors (Lipinski definition) is 4. The number of ketones is 1. The zero-order valence-electron chi connectivity index (χ0n) is 12.6. The first-order valence-corrected chi connectivity index (χ1v) is 7.67. The molecule has 1 aliphatic carbocycles. The maximum atomic E-state index is 12.0. The second-order valence-electron chi connectivity index (χ2n) is 6.82. The van der Waals surface area contributed by atoms with Crippen LogP contribution in [0.4, 0.5) is 5.95 Å². The highest BCUT2D eigenvalue weighted by Crippen LogP contribution is 2.27. The van der Waals surface area contributed by atoms with Crippen molar-refractivity contribution in [3.05, 3.63) is 17.5 Å². The molecule has 0 N–H and O–H groups in total. The molecule has 3 atom stereocenters. The van der Waals surface area contributed by atoms with Crippen molar-refractivity contribution in [2.75, 3.05) is 18.0 Å². The van der Waals surface area contributed by atoms with Gasteiger partial charge in [-0.3, -0.25) is 4.79 Å². The predicted molar refractivity (Wildman–Crippen MR) is 79.0 cm³/mol. The number of fused-ring (bicyclic) bond motifs is 1. The summed E-state index contributed by atoms with van der Waals surface area (Å²) in [5, 5.41) is 0. The summed E-state index contributed by atoms with van der Waals surface area (Å²) in [7, 11) is 0. The second kappa shape index (κ2) is 5.15. The standard InChI is InChI=1S/C16H23N3O/c1-10-5-14-13(15(20)6-10)7-17-16(18-14)19-8-11(2)4-12(3)9-19/h7,10-12H,4-6,8-9H2,1-3H3. The topological polar surface area (TPSA) is 46.1 Å². The fourth-order valence-electron chi connectivity index (χ4n) is 3.60. The number of carbonyl (C=O) groups excluding carboxylic acids is 1. The first kappa shape index (κ1) is 13.5. The summed E-state index contributed by atoms with van der Waals surface area (Å²) in [6, 6.07) is 0. The Bertz CT molecular complexity index is 518. The average Bonchev–Trinajstić information content (AvgIpc) is 2.36. The third-order valence-electron chi connectivity index (χ3n) is 4.38. The van der Waals surface area contributed by atoms with E-state index in [0.717, 1.165) is 36.7 Å². The van der Waals surface area contributed by atoms with Gasteiger partial charge in [-0.1, -0.05) is 20.8 Å². The van der Waals surface area contributed by atoms with Crippen LogP contribution in [0.25, 0.3) is 0 Å². The van der Waals surface area contributed by atoms with Gasteiger partial charge in [0.2, 0.25) is 5.95 Å². The Kier molecular flexibility index (Phi) is 3.48. The summed E-state index contributed by atoms with van der Waals surface area (Å²) in [5.41, 5.74) is 1.69. The van der Waals surface area contributed by atoms with Crippen LogP contribution < -0.4 is 4.90 Å². The van der Waals surface area contributed by atoms with Crippen LogP contribution in [-0.4, -0.2) is 28.8 Å². The second-order valence-corrected chi connectivity index (χ2v) is 6.82. The van der Waals surface area contributed by atoms with Crippen LogP contribution in [0.3, 0.4) is 0 Å². The summed E-state index contributed by atoms with van der Waals surface area (Å²) in [4.78, 5) is 23.4. The molecule has 0 spiro atoms. The molecule has 0 aromatic carbocycles. The van der Waals surface area contributed by atoms with E-state index in [0.29, 0.717) is 24.2 Å². The van der Waals surface area contributed by atoms with Crippen molar-refractivity contribution in [2.45, 2.75) is 40.0 Å². The van der Waals surface area contributed by atoms with Crippen molar-refractivity contribution >= 4 is 11.7 Å². The molecule has 2 heterocycles. The SMILES string of the molecule is CC1CC(=O)c2cnc(N3CC(C)CC(C)C3)nc2C1. The van der Waals surface area contributed by atoms with E-state index in [1.165, 1.54) is 6.42 Å². The van der Waals surface area contributed by atoms with Gasteiger partial charge >= 0.3 is 0 Å². The van der Waals surface area contributed by atoms with Crippen LogP contribution in [0.5, 0.6) is 0 Å². The molecule has 3 rings (SSSR count). The maximum absolute atomic E-state index is 12.0. The van der Waals surface area contributed by atoms with E-state index < -0.39 is 0 Å². The first-order chi connectivity index (χ1) is 9.52. The van der Waals surface area contributed by atoms with Gasteiger partial charge in [0.1, 0.15) is 0 Å². The zero-order valence-corrected chi connectivity index (χ0v) is 12.6. The molecule has 0 bridgehead atoms. The van der Waals surface area contributed by atoms with E-state index in [2.05, 4.69) is 30.7 Å². The van der Waals surface area contributed by atoms with Gasteiger partial charge in [0, 0.05) is 25.7 Å². The molecule has 20 heavy (non-hydrogen) atoms. The van der Waals surface area contributed by atoms with E-state index in [1.54, 1.807) is 6.20 Å². The lowest BCUT2D eigenvalue weighted by atomic mass is 9.88. The highest BCUT2D eigenvalue weighted by atomic mass is 16.1. The molecular weight excluding hydrogens is 250 g/mol. The largest absolute Gasteiger partial charge is 0.340 e. The van der Waals surface area contributed by atoms with Crippen LogP contribution in [0.15, 0.2) is 6.20 Å². The summed E-state index contributed by atoms with van der Waals surface area (Å²) in [6.07, 6.45) is 4.55. The Hall–Kier alpha value is -1.45. The van der Waals surface area contributed by atoms with E-state index in [1.807, 2.05) is 0 Å². The van der Waals surface area contributed by atoms with Crippen molar-refractivity contribution < 1.29 is 4.79 Å². The zero-order chi connectivity index (χ0) is 14.3. The summed E-state index contributed by atoms with van der Waals surface area (Å²) in [6.45, 7) is 8.73. The average molecular weight is 273 g/mol. The Morgan fingerprint density at radius 2 is 1.80 bits per heavy atom. The number of aromatic nitrogens is 2. The summed E-state index contributed by atoms with van der Waals surface area (Å²) in [5.74, 6) is 2.77. The van der Waals surface area contributed by atoms with Gasteiger partial charge in [-0.2, -0.15) is 0 Å². The minimum atomic E-state index is 0.200. The van der Waals surface area contributed by atoms with Gasteiger partial charge in [0.05, 0.1) is 11.3 Å². The Balaban J connectivity index is 1.88. The first-order valence-electron chi connectivity index (χ1n) is 7.67. The van der Waals surface area contributed by atoms with Crippen molar-refractivity contribution in [1.82, 2.24) is 9.97 Å². The number of hydrogen-bond donors (Lipinski definition) is 0. The molecule has 1 aromatic rings. The van der Waals surface area contributed by atoms with Gasteiger partial charge in [-0.15, -0.1) is 0 Å². The minimum Gasteiger partial charge on any atom is -0.340 e. The van der Waals surface area contributed by atoms with Crippen molar-refractivity contribution in [1.29, 1.82) is 0 Å². The third-order valence-corrected chi connectivity index (χ3v) is 4.38. The van der Waals surface area contributed by atoms with Gasteiger partial charge in [-0.05, 0) is 30.6 Å². The summed E-state index contributed by atoms with van der Waals surface area (Å²) < 4.78 is 0. The van der Waals surface area contributed by atoms with Crippen LogP contribution in [0, 0.1) is 17.8 Å². The lowest BCUT2D eigenvalue weighted by Crippen LogP contribution is -2.40. The highest BCUT2D eigenvalue weighted by molar-refractivity contribution is 5.98. The number of anilines is 1. The minimum absolute atomic E-state index is 0.200. The van der Waals surface area contributed by atoms with E-state index in [9.17, 15) is 4.79 Å². The number of nitrogens with zero attached hydrogens (tertiary/aromatic N) is 3. The highest BCUT2D eigenvalue weighted by Gasteiger charge is 2.27. The normalized spacial score (nSPS) is 30.2. The summed E-state index contributed by atoms with van der Waals surface area (Å²) >= 11 is 0. The third kappa shape index (κ3) is 2.56. The van der Waals surface area contributed by atoms with Gasteiger partial charge < -0.3 is 4.90 Å². The Morgan fingerprint density at radius 3 is 2.50 bits per heavy atom. The molecule has 1 aliphatic heterocycles. The van der Waals surface area contributed by atoms with Crippen LogP contribution in [0.2, 0.25) is 0 Å². The monoisotopic (exact) mass is 273 g/mol. The quantitative estimate of drug-likeness (QED) is 0.789. The molecule has 0 amide bonds. The predicted octanol–water partition coefficient (Wildman–Crippen LogP) is 2.72. The fourth-order valence-corrected chi connectivity index (χ4v) is 3.60. The van der Waals surface area contributed by atoms with E-state index in [-0.39, 0.29) is 5.78 Å². The smallest absolute Gasteiger partial charge is 0.225 e. The van der Waals surface area contributed by atoms with Crippen LogP contribution >= 0.6 is 0 Å². The molecule has 1 aromatic heterocycles. The van der Waals surface area contributed by atoms with Gasteiger partial charge in [0.15, 0.2) is 5.78 Å². The fraction of sp³-hybridized carbons (Fsp3) is 0.688. The molecule has 1 saturated heterocycles. The Morgan fingerprint density at radius 1 is 1.10 bits per heavy atom. The number of Topliss-reactive ketones (excluding diaryl/α,β-unsaturated/α-hetero) is 1.